The zero-order chi connectivity index (χ0) is 14.6. The molecule has 0 aliphatic rings. The van der Waals surface area contributed by atoms with Crippen LogP contribution in [0.15, 0.2) is 0 Å². The fraction of sp³-hybridized carbons (Fsp3) is 0.846. The van der Waals surface area contributed by atoms with Gasteiger partial charge in [-0.1, -0.05) is 6.92 Å². The minimum atomic E-state index is -1.03. The van der Waals surface area contributed by atoms with E-state index in [1.807, 2.05) is 6.92 Å². The van der Waals surface area contributed by atoms with Gasteiger partial charge in [-0.25, -0.2) is 0 Å². The Balaban J connectivity index is 4.67. The van der Waals surface area contributed by atoms with E-state index in [4.69, 9.17) is 5.73 Å². The molecule has 0 saturated carbocycles. The zero-order valence-electron chi connectivity index (χ0n) is 12.0. The van der Waals surface area contributed by atoms with Gasteiger partial charge in [0, 0.05) is 11.5 Å². The molecule has 0 saturated heterocycles. The largest absolute Gasteiger partial charge is 0.481 e. The summed E-state index contributed by atoms with van der Waals surface area (Å²) in [7, 11) is 0. The van der Waals surface area contributed by atoms with Crippen LogP contribution in [0.2, 0.25) is 0 Å². The number of aliphatic carboxylic acids is 1. The number of amides is 1. The number of carbonyl (C=O) groups is 2. The average molecular weight is 258 g/mol. The van der Waals surface area contributed by atoms with Gasteiger partial charge in [0.05, 0.1) is 5.41 Å². The Morgan fingerprint density at radius 1 is 1.28 bits per heavy atom. The third-order valence-corrected chi connectivity index (χ3v) is 3.82. The second-order valence-electron chi connectivity index (χ2n) is 5.88. The van der Waals surface area contributed by atoms with Gasteiger partial charge in [0.2, 0.25) is 5.91 Å². The highest BCUT2D eigenvalue weighted by atomic mass is 16.4. The van der Waals surface area contributed by atoms with Crippen LogP contribution in [0.25, 0.3) is 0 Å². The van der Waals surface area contributed by atoms with Gasteiger partial charge in [-0.2, -0.15) is 0 Å². The van der Waals surface area contributed by atoms with Crippen molar-refractivity contribution in [3.63, 3.8) is 0 Å². The van der Waals surface area contributed by atoms with Crippen LogP contribution in [-0.4, -0.2) is 29.1 Å². The van der Waals surface area contributed by atoms with E-state index in [0.29, 0.717) is 13.0 Å². The van der Waals surface area contributed by atoms with Crippen LogP contribution in [0.4, 0.5) is 0 Å². The molecule has 106 valence electrons. The molecule has 0 aromatic carbocycles. The molecule has 0 aromatic rings. The van der Waals surface area contributed by atoms with Crippen molar-refractivity contribution in [1.82, 2.24) is 5.32 Å². The van der Waals surface area contributed by atoms with E-state index >= 15 is 0 Å². The van der Waals surface area contributed by atoms with Gasteiger partial charge >= 0.3 is 5.97 Å². The molecule has 0 bridgehead atoms. The molecule has 0 spiro atoms. The van der Waals surface area contributed by atoms with E-state index in [9.17, 15) is 14.7 Å². The highest BCUT2D eigenvalue weighted by molar-refractivity contribution is 5.81. The minimum absolute atomic E-state index is 0.122. The molecule has 0 heterocycles. The summed E-state index contributed by atoms with van der Waals surface area (Å²) in [5.41, 5.74) is 3.56. The molecule has 4 N–H and O–H groups in total. The molecule has 0 aliphatic carbocycles. The third kappa shape index (κ3) is 3.98. The quantitative estimate of drug-likeness (QED) is 0.643. The van der Waals surface area contributed by atoms with Crippen LogP contribution >= 0.6 is 0 Å². The summed E-state index contributed by atoms with van der Waals surface area (Å²) >= 11 is 0. The first-order chi connectivity index (χ1) is 8.06. The molecule has 0 aromatic heterocycles. The summed E-state index contributed by atoms with van der Waals surface area (Å²) < 4.78 is 0. The van der Waals surface area contributed by atoms with E-state index in [2.05, 4.69) is 5.32 Å². The van der Waals surface area contributed by atoms with Crippen LogP contribution in [-0.2, 0) is 9.59 Å². The number of carbonyl (C=O) groups excluding carboxylic acids is 1. The van der Waals surface area contributed by atoms with Crippen LogP contribution in [0.1, 0.15) is 47.5 Å². The number of nitrogens with one attached hydrogen (secondary N) is 1. The van der Waals surface area contributed by atoms with Crippen molar-refractivity contribution in [2.24, 2.45) is 17.1 Å². The van der Waals surface area contributed by atoms with Gasteiger partial charge in [-0.3, -0.25) is 9.59 Å². The van der Waals surface area contributed by atoms with Crippen LogP contribution < -0.4 is 11.1 Å². The van der Waals surface area contributed by atoms with Crippen LogP contribution in [0, 0.1) is 11.3 Å². The maximum atomic E-state index is 12.0. The fourth-order valence-corrected chi connectivity index (χ4v) is 1.41. The van der Waals surface area contributed by atoms with Gasteiger partial charge < -0.3 is 16.2 Å². The number of carboxylic acid groups (broad SMARTS) is 1. The molecule has 0 fully saturated rings. The zero-order valence-corrected chi connectivity index (χ0v) is 12.0. The molecule has 5 nitrogen and oxygen atoms in total. The van der Waals surface area contributed by atoms with Crippen molar-refractivity contribution >= 4 is 11.9 Å². The monoisotopic (exact) mass is 258 g/mol. The second kappa shape index (κ2) is 6.18. The lowest BCUT2D eigenvalue weighted by molar-refractivity contribution is -0.152. The van der Waals surface area contributed by atoms with Gasteiger partial charge in [-0.15, -0.1) is 0 Å². The summed E-state index contributed by atoms with van der Waals surface area (Å²) in [5.74, 6) is -1.21. The molecular formula is C13H26N2O3. The standard InChI is InChI=1S/C13H26N2O3/c1-9(7-6-8-14)10(16)15-13(4,5)12(2,3)11(17)18/h9H,6-8,14H2,1-5H3,(H,15,16)(H,17,18). The van der Waals surface area contributed by atoms with E-state index in [0.717, 1.165) is 6.42 Å². The summed E-state index contributed by atoms with van der Waals surface area (Å²) in [6, 6.07) is 0. The molecule has 0 aliphatic heterocycles. The van der Waals surface area contributed by atoms with E-state index in [1.165, 1.54) is 0 Å². The summed E-state index contributed by atoms with van der Waals surface area (Å²) in [6.45, 7) is 9.07. The lowest BCUT2D eigenvalue weighted by Crippen LogP contribution is -2.57. The smallest absolute Gasteiger partial charge is 0.311 e. The van der Waals surface area contributed by atoms with Crippen molar-refractivity contribution in [3.05, 3.63) is 0 Å². The summed E-state index contributed by atoms with van der Waals surface area (Å²) in [6.07, 6.45) is 1.50. The molecule has 0 rings (SSSR count). The molecular weight excluding hydrogens is 232 g/mol. The van der Waals surface area contributed by atoms with Crippen LogP contribution in [0.3, 0.4) is 0 Å². The van der Waals surface area contributed by atoms with Crippen LogP contribution in [0.5, 0.6) is 0 Å². The molecule has 1 unspecified atom stereocenters. The summed E-state index contributed by atoms with van der Waals surface area (Å²) in [5, 5.41) is 12.0. The molecule has 1 atom stereocenters. The Morgan fingerprint density at radius 2 is 1.78 bits per heavy atom. The summed E-state index contributed by atoms with van der Waals surface area (Å²) in [4.78, 5) is 23.2. The van der Waals surface area contributed by atoms with Crippen molar-refractivity contribution in [2.75, 3.05) is 6.54 Å². The molecule has 5 heteroatoms. The lowest BCUT2D eigenvalue weighted by Gasteiger charge is -2.39. The average Bonchev–Trinajstić information content (AvgIpc) is 2.24. The normalized spacial score (nSPS) is 14.1. The molecule has 1 amide bonds. The van der Waals surface area contributed by atoms with Crippen molar-refractivity contribution < 1.29 is 14.7 Å². The predicted octanol–water partition coefficient (Wildman–Crippen LogP) is 1.37. The maximum Gasteiger partial charge on any atom is 0.311 e. The highest BCUT2D eigenvalue weighted by Crippen LogP contribution is 2.31. The Hall–Kier alpha value is -1.10. The molecule has 0 radical (unpaired) electrons. The highest BCUT2D eigenvalue weighted by Gasteiger charge is 2.44. The number of hydrogen-bond acceptors (Lipinski definition) is 3. The topological polar surface area (TPSA) is 92.4 Å². The van der Waals surface area contributed by atoms with Crippen molar-refractivity contribution in [2.45, 2.75) is 53.0 Å². The number of hydrogen-bond donors (Lipinski definition) is 3. The maximum absolute atomic E-state index is 12.0. The third-order valence-electron chi connectivity index (χ3n) is 3.82. The fourth-order valence-electron chi connectivity index (χ4n) is 1.41. The first kappa shape index (κ1) is 16.9. The minimum Gasteiger partial charge on any atom is -0.481 e. The first-order valence-electron chi connectivity index (χ1n) is 6.31. The number of carboxylic acids is 1. The Bertz CT molecular complexity index is 311. The second-order valence-corrected chi connectivity index (χ2v) is 5.88. The van der Waals surface area contributed by atoms with E-state index in [1.54, 1.807) is 27.7 Å². The Morgan fingerprint density at radius 3 is 2.17 bits per heavy atom. The molecule has 18 heavy (non-hydrogen) atoms. The number of rotatable bonds is 7. The Kier molecular flexibility index (Phi) is 5.80. The van der Waals surface area contributed by atoms with Gasteiger partial charge in [0.1, 0.15) is 0 Å². The first-order valence-corrected chi connectivity index (χ1v) is 6.31. The van der Waals surface area contributed by atoms with Gasteiger partial charge in [0.25, 0.3) is 0 Å². The van der Waals surface area contributed by atoms with E-state index < -0.39 is 16.9 Å². The van der Waals surface area contributed by atoms with Crippen molar-refractivity contribution in [3.8, 4) is 0 Å². The van der Waals surface area contributed by atoms with E-state index in [-0.39, 0.29) is 11.8 Å². The lowest BCUT2D eigenvalue weighted by atomic mass is 9.74. The van der Waals surface area contributed by atoms with Gasteiger partial charge in [-0.05, 0) is 47.1 Å². The van der Waals surface area contributed by atoms with Crippen molar-refractivity contribution in [1.29, 1.82) is 0 Å². The number of nitrogens with two attached hydrogens (primary N) is 1. The SMILES string of the molecule is CC(CCCN)C(=O)NC(C)(C)C(C)(C)C(=O)O. The van der Waals surface area contributed by atoms with Gasteiger partial charge in [0.15, 0.2) is 0 Å². The predicted molar refractivity (Wildman–Crippen MR) is 71.1 cm³/mol. The Labute approximate surface area is 109 Å².